The molecular formula is C17H21ClN4O3. The van der Waals surface area contributed by atoms with Crippen LogP contribution >= 0.6 is 11.6 Å². The third-order valence-corrected chi connectivity index (χ3v) is 4.00. The molecule has 0 atom stereocenters. The number of aromatic nitrogens is 2. The standard InChI is InChI=1S/C17H21ClN4O3/c1-11-14(10-19-22(11)13-6-4-12(18)5-7-13)20-16(25)21-17(2,3)9-8-15(23)24/h4-7,10H,8-9H2,1-3H3,(H,23,24)(H2,20,21,25). The fourth-order valence-electron chi connectivity index (χ4n) is 2.32. The zero-order valence-corrected chi connectivity index (χ0v) is 15.1. The van der Waals surface area contributed by atoms with E-state index in [4.69, 9.17) is 16.7 Å². The molecule has 2 aromatic rings. The minimum atomic E-state index is -0.893. The van der Waals surface area contributed by atoms with Gasteiger partial charge in [0, 0.05) is 17.0 Å². The fraction of sp³-hybridized carbons (Fsp3) is 0.353. The van der Waals surface area contributed by atoms with Gasteiger partial charge in [0.15, 0.2) is 0 Å². The summed E-state index contributed by atoms with van der Waals surface area (Å²) in [6.07, 6.45) is 1.88. The summed E-state index contributed by atoms with van der Waals surface area (Å²) in [5.74, 6) is -0.893. The Morgan fingerprint density at radius 3 is 2.52 bits per heavy atom. The summed E-state index contributed by atoms with van der Waals surface area (Å²) in [4.78, 5) is 22.9. The number of benzene rings is 1. The highest BCUT2D eigenvalue weighted by molar-refractivity contribution is 6.30. The lowest BCUT2D eigenvalue weighted by atomic mass is 9.99. The first-order valence-corrected chi connectivity index (χ1v) is 8.17. The summed E-state index contributed by atoms with van der Waals surface area (Å²) < 4.78 is 1.70. The van der Waals surface area contributed by atoms with Gasteiger partial charge in [-0.1, -0.05) is 11.6 Å². The van der Waals surface area contributed by atoms with Gasteiger partial charge in [-0.2, -0.15) is 5.10 Å². The number of anilines is 1. The predicted molar refractivity (Wildman–Crippen MR) is 96.4 cm³/mol. The Balaban J connectivity index is 2.04. The number of carbonyl (C=O) groups excluding carboxylic acids is 1. The number of carboxylic acid groups (broad SMARTS) is 1. The van der Waals surface area contributed by atoms with E-state index < -0.39 is 17.5 Å². The summed E-state index contributed by atoms with van der Waals surface area (Å²) in [7, 11) is 0. The molecule has 0 aliphatic carbocycles. The van der Waals surface area contributed by atoms with Crippen LogP contribution in [0.25, 0.3) is 5.69 Å². The molecule has 0 saturated carbocycles. The zero-order chi connectivity index (χ0) is 18.6. The van der Waals surface area contributed by atoms with Gasteiger partial charge in [-0.05, 0) is 51.5 Å². The number of rotatable bonds is 6. The molecule has 7 nitrogen and oxygen atoms in total. The molecule has 0 spiro atoms. The van der Waals surface area contributed by atoms with Crippen molar-refractivity contribution < 1.29 is 14.7 Å². The van der Waals surface area contributed by atoms with Gasteiger partial charge in [-0.3, -0.25) is 4.79 Å². The van der Waals surface area contributed by atoms with E-state index in [-0.39, 0.29) is 6.42 Å². The molecule has 0 fully saturated rings. The number of hydrogen-bond acceptors (Lipinski definition) is 3. The van der Waals surface area contributed by atoms with E-state index in [2.05, 4.69) is 15.7 Å². The van der Waals surface area contributed by atoms with Crippen molar-refractivity contribution in [3.8, 4) is 5.69 Å². The second kappa shape index (κ2) is 7.57. The van der Waals surface area contributed by atoms with Crippen molar-refractivity contribution >= 4 is 29.3 Å². The maximum absolute atomic E-state index is 12.2. The van der Waals surface area contributed by atoms with Gasteiger partial charge < -0.3 is 15.7 Å². The molecule has 0 saturated heterocycles. The van der Waals surface area contributed by atoms with Crippen LogP contribution in [0, 0.1) is 6.92 Å². The van der Waals surface area contributed by atoms with Gasteiger partial charge in [0.1, 0.15) is 0 Å². The summed E-state index contributed by atoms with van der Waals surface area (Å²) in [6.45, 7) is 5.39. The number of carboxylic acids is 1. The number of nitrogens with one attached hydrogen (secondary N) is 2. The smallest absolute Gasteiger partial charge is 0.319 e. The predicted octanol–water partition coefficient (Wildman–Crippen LogP) is 3.60. The van der Waals surface area contributed by atoms with Crippen molar-refractivity contribution in [2.75, 3.05) is 5.32 Å². The van der Waals surface area contributed by atoms with Gasteiger partial charge in [0.25, 0.3) is 0 Å². The number of nitrogens with zero attached hydrogens (tertiary/aromatic N) is 2. The average molecular weight is 365 g/mol. The van der Waals surface area contributed by atoms with E-state index in [1.54, 1.807) is 36.9 Å². The van der Waals surface area contributed by atoms with Crippen LogP contribution in [0.5, 0.6) is 0 Å². The van der Waals surface area contributed by atoms with E-state index in [1.807, 2.05) is 19.1 Å². The number of urea groups is 1. The van der Waals surface area contributed by atoms with E-state index in [0.29, 0.717) is 17.1 Å². The maximum Gasteiger partial charge on any atom is 0.319 e. The number of carbonyl (C=O) groups is 2. The van der Waals surface area contributed by atoms with Crippen LogP contribution < -0.4 is 10.6 Å². The first-order valence-electron chi connectivity index (χ1n) is 7.79. The van der Waals surface area contributed by atoms with Crippen molar-refractivity contribution in [2.24, 2.45) is 0 Å². The summed E-state index contributed by atoms with van der Waals surface area (Å²) in [5, 5.41) is 19.2. The van der Waals surface area contributed by atoms with Crippen LogP contribution in [-0.2, 0) is 4.79 Å². The molecule has 1 heterocycles. The van der Waals surface area contributed by atoms with E-state index >= 15 is 0 Å². The molecule has 0 radical (unpaired) electrons. The molecular weight excluding hydrogens is 344 g/mol. The van der Waals surface area contributed by atoms with Crippen LogP contribution in [-0.4, -0.2) is 32.4 Å². The quantitative estimate of drug-likeness (QED) is 0.729. The molecule has 134 valence electrons. The van der Waals surface area contributed by atoms with Crippen molar-refractivity contribution in [2.45, 2.75) is 39.2 Å². The van der Waals surface area contributed by atoms with Crippen LogP contribution in [0.4, 0.5) is 10.5 Å². The van der Waals surface area contributed by atoms with E-state index in [1.165, 1.54) is 0 Å². The monoisotopic (exact) mass is 364 g/mol. The Kier molecular flexibility index (Phi) is 5.69. The first-order chi connectivity index (χ1) is 11.7. The lowest BCUT2D eigenvalue weighted by molar-refractivity contribution is -0.137. The molecule has 1 aromatic heterocycles. The first kappa shape index (κ1) is 18.8. The van der Waals surface area contributed by atoms with Crippen LogP contribution in [0.1, 0.15) is 32.4 Å². The van der Waals surface area contributed by atoms with Crippen molar-refractivity contribution in [1.29, 1.82) is 0 Å². The summed E-state index contributed by atoms with van der Waals surface area (Å²) >= 11 is 5.89. The number of aliphatic carboxylic acids is 1. The largest absolute Gasteiger partial charge is 0.481 e. The lowest BCUT2D eigenvalue weighted by Crippen LogP contribution is -2.45. The summed E-state index contributed by atoms with van der Waals surface area (Å²) in [5.41, 5.74) is 1.53. The van der Waals surface area contributed by atoms with E-state index in [9.17, 15) is 9.59 Å². The van der Waals surface area contributed by atoms with Crippen LogP contribution in [0.15, 0.2) is 30.5 Å². The van der Waals surface area contributed by atoms with Gasteiger partial charge in [-0.25, -0.2) is 9.48 Å². The van der Waals surface area contributed by atoms with Gasteiger partial charge >= 0.3 is 12.0 Å². The Hall–Kier alpha value is -2.54. The molecule has 0 bridgehead atoms. The van der Waals surface area contributed by atoms with Crippen molar-refractivity contribution in [3.05, 3.63) is 41.2 Å². The Morgan fingerprint density at radius 2 is 1.92 bits per heavy atom. The van der Waals surface area contributed by atoms with E-state index in [0.717, 1.165) is 11.4 Å². The Bertz CT molecular complexity index is 769. The molecule has 3 N–H and O–H groups in total. The summed E-state index contributed by atoms with van der Waals surface area (Å²) in [6, 6.07) is 6.79. The Labute approximate surface area is 151 Å². The molecule has 2 rings (SSSR count). The molecule has 0 unspecified atom stereocenters. The molecule has 8 heteroatoms. The second-order valence-corrected chi connectivity index (χ2v) is 6.83. The zero-order valence-electron chi connectivity index (χ0n) is 14.3. The second-order valence-electron chi connectivity index (χ2n) is 6.39. The topological polar surface area (TPSA) is 96.2 Å². The normalized spacial score (nSPS) is 11.2. The average Bonchev–Trinajstić information content (AvgIpc) is 2.87. The highest BCUT2D eigenvalue weighted by atomic mass is 35.5. The van der Waals surface area contributed by atoms with Crippen molar-refractivity contribution in [3.63, 3.8) is 0 Å². The third-order valence-electron chi connectivity index (χ3n) is 3.74. The molecule has 2 amide bonds. The lowest BCUT2D eigenvalue weighted by Gasteiger charge is -2.25. The molecule has 0 aliphatic heterocycles. The molecule has 1 aromatic carbocycles. The maximum atomic E-state index is 12.2. The van der Waals surface area contributed by atoms with Gasteiger partial charge in [0.05, 0.1) is 23.3 Å². The molecule has 0 aliphatic rings. The minimum absolute atomic E-state index is 0.0131. The van der Waals surface area contributed by atoms with Gasteiger partial charge in [-0.15, -0.1) is 0 Å². The number of hydrogen-bond donors (Lipinski definition) is 3. The van der Waals surface area contributed by atoms with Gasteiger partial charge in [0.2, 0.25) is 0 Å². The highest BCUT2D eigenvalue weighted by Gasteiger charge is 2.22. The Morgan fingerprint density at radius 1 is 1.28 bits per heavy atom. The SMILES string of the molecule is Cc1c(NC(=O)NC(C)(C)CCC(=O)O)cnn1-c1ccc(Cl)cc1. The highest BCUT2D eigenvalue weighted by Crippen LogP contribution is 2.20. The minimum Gasteiger partial charge on any atom is -0.481 e. The van der Waals surface area contributed by atoms with Crippen molar-refractivity contribution in [1.82, 2.24) is 15.1 Å². The van der Waals surface area contributed by atoms with Crippen LogP contribution in [0.3, 0.4) is 0 Å². The third kappa shape index (κ3) is 5.22. The molecule has 25 heavy (non-hydrogen) atoms. The van der Waals surface area contributed by atoms with Crippen LogP contribution in [0.2, 0.25) is 5.02 Å². The fourth-order valence-corrected chi connectivity index (χ4v) is 2.44. The number of halogens is 1. The number of amides is 2.